The van der Waals surface area contributed by atoms with Gasteiger partial charge in [0.15, 0.2) is 0 Å². The summed E-state index contributed by atoms with van der Waals surface area (Å²) in [6.07, 6.45) is 4.78. The molecule has 156 valence electrons. The number of aromatic amines is 1. The highest BCUT2D eigenvalue weighted by Gasteiger charge is 2.66. The van der Waals surface area contributed by atoms with Gasteiger partial charge in [-0.15, -0.1) is 0 Å². The lowest BCUT2D eigenvalue weighted by molar-refractivity contribution is -0.193. The van der Waals surface area contributed by atoms with Crippen molar-refractivity contribution in [3.8, 4) is 0 Å². The standard InChI is InChI=1S/C23H30N2O4/c1-5-29-19-13-23(21(27)28-4,22(19,2)3)25-20(26)14-10-11-18-16(12-14)15-8-6-7-9-17(15)24-18/h10-12,19,24H,5-9,13H2,1-4H3,(H,25,26)/t19-,23-/m1/s1. The van der Waals surface area contributed by atoms with Gasteiger partial charge in [0.05, 0.1) is 13.2 Å². The third-order valence-electron chi connectivity index (χ3n) is 6.99. The van der Waals surface area contributed by atoms with E-state index < -0.39 is 16.9 Å². The first-order valence-corrected chi connectivity index (χ1v) is 10.5. The number of benzene rings is 1. The highest BCUT2D eigenvalue weighted by molar-refractivity contribution is 6.02. The molecule has 1 amide bonds. The molecule has 0 aliphatic heterocycles. The Morgan fingerprint density at radius 3 is 2.69 bits per heavy atom. The highest BCUT2D eigenvalue weighted by atomic mass is 16.5. The number of hydrogen-bond acceptors (Lipinski definition) is 4. The summed E-state index contributed by atoms with van der Waals surface area (Å²) in [7, 11) is 1.36. The van der Waals surface area contributed by atoms with Crippen molar-refractivity contribution in [1.29, 1.82) is 0 Å². The number of esters is 1. The quantitative estimate of drug-likeness (QED) is 0.755. The van der Waals surface area contributed by atoms with Crippen LogP contribution in [0.4, 0.5) is 0 Å². The molecular weight excluding hydrogens is 368 g/mol. The molecule has 1 heterocycles. The van der Waals surface area contributed by atoms with Gasteiger partial charge in [-0.05, 0) is 56.4 Å². The van der Waals surface area contributed by atoms with Crippen LogP contribution in [0, 0.1) is 5.41 Å². The Balaban J connectivity index is 1.64. The monoisotopic (exact) mass is 398 g/mol. The second kappa shape index (κ2) is 7.17. The first-order chi connectivity index (χ1) is 13.8. The minimum atomic E-state index is -1.09. The molecule has 6 heteroatoms. The van der Waals surface area contributed by atoms with Gasteiger partial charge in [0.1, 0.15) is 5.54 Å². The summed E-state index contributed by atoms with van der Waals surface area (Å²) in [6, 6.07) is 5.72. The van der Waals surface area contributed by atoms with Crippen LogP contribution in [0.5, 0.6) is 0 Å². The number of H-pyrrole nitrogens is 1. The first kappa shape index (κ1) is 20.0. The molecular formula is C23H30N2O4. The lowest BCUT2D eigenvalue weighted by atomic mass is 9.54. The van der Waals surface area contributed by atoms with Crippen molar-refractivity contribution in [3.63, 3.8) is 0 Å². The van der Waals surface area contributed by atoms with E-state index in [2.05, 4.69) is 10.3 Å². The molecule has 29 heavy (non-hydrogen) atoms. The van der Waals surface area contributed by atoms with Gasteiger partial charge in [0.25, 0.3) is 5.91 Å². The minimum absolute atomic E-state index is 0.105. The molecule has 0 bridgehead atoms. The zero-order chi connectivity index (χ0) is 20.8. The van der Waals surface area contributed by atoms with Crippen molar-refractivity contribution in [2.45, 2.75) is 64.5 Å². The number of aryl methyl sites for hydroxylation is 2. The summed E-state index contributed by atoms with van der Waals surface area (Å²) in [5, 5.41) is 4.12. The van der Waals surface area contributed by atoms with Crippen LogP contribution in [0.3, 0.4) is 0 Å². The molecule has 0 radical (unpaired) electrons. The minimum Gasteiger partial charge on any atom is -0.467 e. The number of methoxy groups -OCH3 is 1. The molecule has 1 saturated carbocycles. The van der Waals surface area contributed by atoms with Crippen LogP contribution < -0.4 is 5.32 Å². The number of rotatable bonds is 5. The molecule has 6 nitrogen and oxygen atoms in total. The third kappa shape index (κ3) is 2.96. The highest BCUT2D eigenvalue weighted by Crippen LogP contribution is 2.52. The van der Waals surface area contributed by atoms with Crippen LogP contribution in [0.2, 0.25) is 0 Å². The van der Waals surface area contributed by atoms with Gasteiger partial charge in [-0.25, -0.2) is 4.79 Å². The molecule has 1 fully saturated rings. The van der Waals surface area contributed by atoms with Crippen LogP contribution in [0.15, 0.2) is 18.2 Å². The Morgan fingerprint density at radius 2 is 2.00 bits per heavy atom. The topological polar surface area (TPSA) is 80.4 Å². The first-order valence-electron chi connectivity index (χ1n) is 10.5. The maximum atomic E-state index is 13.2. The Labute approximate surface area is 171 Å². The van der Waals surface area contributed by atoms with Gasteiger partial charge in [-0.1, -0.05) is 13.8 Å². The van der Waals surface area contributed by atoms with E-state index in [-0.39, 0.29) is 12.0 Å². The maximum absolute atomic E-state index is 13.2. The fourth-order valence-electron chi connectivity index (χ4n) is 5.01. The molecule has 0 saturated heterocycles. The lowest BCUT2D eigenvalue weighted by Crippen LogP contribution is -2.76. The van der Waals surface area contributed by atoms with E-state index in [9.17, 15) is 9.59 Å². The van der Waals surface area contributed by atoms with E-state index >= 15 is 0 Å². The smallest absolute Gasteiger partial charge is 0.332 e. The van der Waals surface area contributed by atoms with Crippen molar-refractivity contribution in [2.24, 2.45) is 5.41 Å². The van der Waals surface area contributed by atoms with Crippen molar-refractivity contribution < 1.29 is 19.1 Å². The second-order valence-electron chi connectivity index (χ2n) is 8.77. The average Bonchev–Trinajstić information content (AvgIpc) is 3.09. The Kier molecular flexibility index (Phi) is 4.93. The molecule has 2 aromatic rings. The SMILES string of the molecule is CCO[C@@H]1C[C@@](NC(=O)c2ccc3[nH]c4c(c3c2)CCCC4)(C(=O)OC)C1(C)C. The van der Waals surface area contributed by atoms with Crippen LogP contribution in [-0.2, 0) is 27.1 Å². The van der Waals surface area contributed by atoms with Crippen molar-refractivity contribution in [2.75, 3.05) is 13.7 Å². The molecule has 0 spiro atoms. The Morgan fingerprint density at radius 1 is 1.24 bits per heavy atom. The van der Waals surface area contributed by atoms with E-state index in [1.807, 2.05) is 39.0 Å². The van der Waals surface area contributed by atoms with Gasteiger partial charge in [0.2, 0.25) is 0 Å². The number of amides is 1. The zero-order valence-electron chi connectivity index (χ0n) is 17.7. The maximum Gasteiger partial charge on any atom is 0.332 e. The number of nitrogens with one attached hydrogen (secondary N) is 2. The summed E-state index contributed by atoms with van der Waals surface area (Å²) in [4.78, 5) is 29.4. The van der Waals surface area contributed by atoms with E-state index in [0.717, 1.165) is 23.7 Å². The summed E-state index contributed by atoms with van der Waals surface area (Å²) >= 11 is 0. The fourth-order valence-corrected chi connectivity index (χ4v) is 5.01. The van der Waals surface area contributed by atoms with Crippen molar-refractivity contribution in [1.82, 2.24) is 10.3 Å². The van der Waals surface area contributed by atoms with E-state index in [1.54, 1.807) is 0 Å². The number of hydrogen-bond donors (Lipinski definition) is 2. The van der Waals surface area contributed by atoms with Crippen molar-refractivity contribution >= 4 is 22.8 Å². The molecule has 2 atom stereocenters. The summed E-state index contributed by atoms with van der Waals surface area (Å²) < 4.78 is 10.9. The van der Waals surface area contributed by atoms with Gasteiger partial charge in [0, 0.05) is 40.6 Å². The fraction of sp³-hybridized carbons (Fsp3) is 0.565. The van der Waals surface area contributed by atoms with Crippen LogP contribution in [0.25, 0.3) is 10.9 Å². The predicted molar refractivity (Wildman–Crippen MR) is 111 cm³/mol. The summed E-state index contributed by atoms with van der Waals surface area (Å²) in [6.45, 7) is 6.38. The molecule has 0 unspecified atom stereocenters. The number of carbonyl (C=O) groups excluding carboxylic acids is 2. The number of aromatic nitrogens is 1. The normalized spacial score (nSPS) is 25.2. The van der Waals surface area contributed by atoms with Crippen LogP contribution in [-0.4, -0.2) is 42.2 Å². The molecule has 2 N–H and O–H groups in total. The van der Waals surface area contributed by atoms with Crippen LogP contribution >= 0.6 is 0 Å². The van der Waals surface area contributed by atoms with Crippen LogP contribution in [0.1, 0.15) is 61.6 Å². The number of carbonyl (C=O) groups is 2. The third-order valence-corrected chi connectivity index (χ3v) is 6.99. The largest absolute Gasteiger partial charge is 0.467 e. The Bertz CT molecular complexity index is 961. The van der Waals surface area contributed by atoms with Gasteiger partial charge < -0.3 is 19.8 Å². The number of fused-ring (bicyclic) bond motifs is 3. The predicted octanol–water partition coefficient (Wildman–Crippen LogP) is 3.52. The average molecular weight is 399 g/mol. The Hall–Kier alpha value is -2.34. The van der Waals surface area contributed by atoms with Gasteiger partial charge in [-0.2, -0.15) is 0 Å². The summed E-state index contributed by atoms with van der Waals surface area (Å²) in [5.74, 6) is -0.682. The second-order valence-corrected chi connectivity index (χ2v) is 8.77. The van der Waals surface area contributed by atoms with E-state index in [4.69, 9.17) is 9.47 Å². The van der Waals surface area contributed by atoms with Gasteiger partial charge >= 0.3 is 5.97 Å². The van der Waals surface area contributed by atoms with Gasteiger partial charge in [-0.3, -0.25) is 4.79 Å². The molecule has 2 aliphatic carbocycles. The van der Waals surface area contributed by atoms with E-state index in [0.29, 0.717) is 18.6 Å². The van der Waals surface area contributed by atoms with Crippen molar-refractivity contribution in [3.05, 3.63) is 35.0 Å². The molecule has 1 aromatic carbocycles. The zero-order valence-corrected chi connectivity index (χ0v) is 17.7. The summed E-state index contributed by atoms with van der Waals surface area (Å²) in [5.41, 5.74) is 2.58. The molecule has 2 aliphatic rings. The van der Waals surface area contributed by atoms with E-state index in [1.165, 1.54) is 31.2 Å². The number of ether oxygens (including phenoxy) is 2. The lowest BCUT2D eigenvalue weighted by Gasteiger charge is -2.58. The molecule has 4 rings (SSSR count). The molecule has 1 aromatic heterocycles.